The second-order valence-electron chi connectivity index (χ2n) is 23.8. The number of hydrogen-bond donors (Lipinski definition) is 7. The molecular formula is C57H81N9O10S2. The molecule has 0 bridgehead atoms. The van der Waals surface area contributed by atoms with Gasteiger partial charge >= 0.3 is 0 Å². The monoisotopic (exact) mass is 1120 g/mol. The van der Waals surface area contributed by atoms with Gasteiger partial charge in [-0.15, -0.1) is 0 Å². The van der Waals surface area contributed by atoms with Gasteiger partial charge in [0, 0.05) is 31.1 Å². The number of amides is 6. The standard InChI is InChI=1S/C57H81N9O10S2/c1-11-34(2)50(67)61-48(56(4,5)6)54(71)65-32-38(29-46(65)52(69)59-44-27-16-21-36-19-12-14-25-42(36)44)63-77(73,74)40-23-18-24-41(31-40)78(75,76)64-39-30-47(53(70)60-45-28-17-22-37-20-13-15-26-43(37)45)66(33-39)55(72)49(57(7,8)9)62-51(68)35(3)58-10/h12-15,18-20,23-26,31,34-35,38-39,44-49,58,63-64H,11,16-17,21-22,27-30,32-33H2,1-10H3,(H,59,69)(H,60,70)(H,61,67)(H,62,68)/t34-,35+,38+,39+,44-,45-,46+,47+,48-,49-/m1/s1. The van der Waals surface area contributed by atoms with Crippen LogP contribution in [0.25, 0.3) is 0 Å². The molecule has 19 nitrogen and oxygen atoms in total. The highest BCUT2D eigenvalue weighted by molar-refractivity contribution is 7.90. The van der Waals surface area contributed by atoms with E-state index in [1.165, 1.54) is 28.0 Å². The quantitative estimate of drug-likeness (QED) is 0.0946. The van der Waals surface area contributed by atoms with Gasteiger partial charge in [-0.05, 0) is 123 Å². The number of fused-ring (bicyclic) bond motifs is 2. The van der Waals surface area contributed by atoms with Gasteiger partial charge in [0.25, 0.3) is 0 Å². The largest absolute Gasteiger partial charge is 0.347 e. The van der Waals surface area contributed by atoms with Crippen molar-refractivity contribution in [2.24, 2.45) is 16.7 Å². The van der Waals surface area contributed by atoms with Gasteiger partial charge in [0.2, 0.25) is 55.5 Å². The maximum Gasteiger partial charge on any atom is 0.246 e. The third-order valence-electron chi connectivity index (χ3n) is 15.9. The molecular weight excluding hydrogens is 1030 g/mol. The lowest BCUT2D eigenvalue weighted by molar-refractivity contribution is -0.144. The minimum absolute atomic E-state index is 0.117. The smallest absolute Gasteiger partial charge is 0.246 e. The number of nitrogens with one attached hydrogen (secondary N) is 7. The summed E-state index contributed by atoms with van der Waals surface area (Å²) < 4.78 is 63.0. The van der Waals surface area contributed by atoms with Gasteiger partial charge in [-0.3, -0.25) is 28.8 Å². The Labute approximate surface area is 461 Å². The van der Waals surface area contributed by atoms with Crippen LogP contribution in [-0.4, -0.2) is 125 Å². The highest BCUT2D eigenvalue weighted by Gasteiger charge is 2.49. The van der Waals surface area contributed by atoms with Crippen LogP contribution in [0.1, 0.15) is 142 Å². The molecule has 2 fully saturated rings. The van der Waals surface area contributed by atoms with Gasteiger partial charge in [0.15, 0.2) is 0 Å². The van der Waals surface area contributed by atoms with Gasteiger partial charge < -0.3 is 36.4 Å². The number of rotatable bonds is 18. The number of carbonyl (C=O) groups excluding carboxylic acids is 6. The van der Waals surface area contributed by atoms with Gasteiger partial charge in [0.1, 0.15) is 24.2 Å². The molecule has 0 unspecified atom stereocenters. The second kappa shape index (κ2) is 24.3. The Hall–Kier alpha value is -5.74. The van der Waals surface area contributed by atoms with Crippen molar-refractivity contribution in [1.82, 2.24) is 45.8 Å². The number of sulfonamides is 2. The summed E-state index contributed by atoms with van der Waals surface area (Å²) in [5.74, 6) is -3.23. The Morgan fingerprint density at radius 3 is 1.41 bits per heavy atom. The van der Waals surface area contributed by atoms with Crippen LogP contribution in [0.5, 0.6) is 0 Å². The highest BCUT2D eigenvalue weighted by Crippen LogP contribution is 2.34. The molecule has 0 spiro atoms. The van der Waals surface area contributed by atoms with Crippen molar-refractivity contribution in [3.8, 4) is 0 Å². The Balaban J connectivity index is 1.13. The lowest BCUT2D eigenvalue weighted by atomic mass is 9.85. The van der Waals surface area contributed by atoms with E-state index in [1.807, 2.05) is 55.5 Å². The van der Waals surface area contributed by atoms with Crippen molar-refractivity contribution >= 4 is 55.5 Å². The van der Waals surface area contributed by atoms with Crippen LogP contribution >= 0.6 is 0 Å². The summed E-state index contributed by atoms with van der Waals surface area (Å²) in [7, 11) is -7.48. The van der Waals surface area contributed by atoms with E-state index in [0.717, 1.165) is 54.0 Å². The van der Waals surface area contributed by atoms with E-state index >= 15 is 0 Å². The van der Waals surface area contributed by atoms with E-state index in [0.29, 0.717) is 19.3 Å². The predicted octanol–water partition coefficient (Wildman–Crippen LogP) is 4.29. The molecule has 2 aliphatic heterocycles. The fourth-order valence-corrected chi connectivity index (χ4v) is 13.7. The third kappa shape index (κ3) is 13.8. The molecule has 10 atom stereocenters. The van der Waals surface area contributed by atoms with Crippen LogP contribution in [-0.2, 0) is 61.7 Å². The van der Waals surface area contributed by atoms with Crippen molar-refractivity contribution in [3.05, 3.63) is 95.1 Å². The highest BCUT2D eigenvalue weighted by atomic mass is 32.2. The van der Waals surface area contributed by atoms with E-state index < -0.39 is 118 Å². The van der Waals surface area contributed by atoms with E-state index in [-0.39, 0.29) is 43.9 Å². The molecule has 2 aliphatic carbocycles. The molecule has 6 amide bonds. The molecule has 78 heavy (non-hydrogen) atoms. The number of likely N-dealkylation sites (tertiary alicyclic amines) is 2. The molecule has 426 valence electrons. The number of hydrogen-bond acceptors (Lipinski definition) is 11. The minimum Gasteiger partial charge on any atom is -0.347 e. The molecule has 0 radical (unpaired) electrons. The van der Waals surface area contributed by atoms with Crippen molar-refractivity contribution in [2.45, 2.75) is 184 Å². The molecule has 0 saturated carbocycles. The van der Waals surface area contributed by atoms with E-state index in [4.69, 9.17) is 0 Å². The second-order valence-corrected chi connectivity index (χ2v) is 27.3. The average Bonchev–Trinajstić information content (AvgIpc) is 4.18. The van der Waals surface area contributed by atoms with Crippen LogP contribution in [0.2, 0.25) is 0 Å². The Morgan fingerprint density at radius 1 is 0.603 bits per heavy atom. The molecule has 7 N–H and O–H groups in total. The van der Waals surface area contributed by atoms with Gasteiger partial charge in [0.05, 0.1) is 27.9 Å². The minimum atomic E-state index is -4.55. The average molecular weight is 1120 g/mol. The molecule has 2 heterocycles. The first kappa shape index (κ1) is 59.9. The zero-order chi connectivity index (χ0) is 57.1. The first-order valence-electron chi connectivity index (χ1n) is 27.4. The fraction of sp³-hybridized carbons (Fsp3) is 0.579. The van der Waals surface area contributed by atoms with Crippen molar-refractivity contribution in [3.63, 3.8) is 0 Å². The van der Waals surface area contributed by atoms with Gasteiger partial charge in [-0.2, -0.15) is 0 Å². The van der Waals surface area contributed by atoms with Gasteiger partial charge in [-0.1, -0.05) is 110 Å². The lowest BCUT2D eigenvalue weighted by Crippen LogP contribution is -2.59. The molecule has 4 aliphatic rings. The number of nitrogens with zero attached hydrogens (tertiary/aromatic N) is 2. The maximum atomic E-state index is 14.7. The third-order valence-corrected chi connectivity index (χ3v) is 18.9. The van der Waals surface area contributed by atoms with Crippen LogP contribution in [0.15, 0.2) is 82.6 Å². The molecule has 2 saturated heterocycles. The van der Waals surface area contributed by atoms with Crippen molar-refractivity contribution in [1.29, 1.82) is 0 Å². The van der Waals surface area contributed by atoms with Crippen LogP contribution < -0.4 is 36.0 Å². The van der Waals surface area contributed by atoms with Gasteiger partial charge in [-0.25, -0.2) is 26.3 Å². The van der Waals surface area contributed by atoms with Crippen LogP contribution in [0.3, 0.4) is 0 Å². The summed E-state index contributed by atoms with van der Waals surface area (Å²) in [5.41, 5.74) is 2.52. The topological polar surface area (TPSA) is 261 Å². The fourth-order valence-electron chi connectivity index (χ4n) is 11.1. The summed E-state index contributed by atoms with van der Waals surface area (Å²) in [5, 5.41) is 14.9. The normalized spacial score (nSPS) is 23.2. The van der Waals surface area contributed by atoms with Crippen molar-refractivity contribution in [2.75, 3.05) is 20.1 Å². The lowest BCUT2D eigenvalue weighted by Gasteiger charge is -2.36. The number of benzene rings is 3. The first-order chi connectivity index (χ1) is 36.6. The number of aryl methyl sites for hydroxylation is 2. The molecule has 3 aromatic carbocycles. The van der Waals surface area contributed by atoms with E-state index in [1.54, 1.807) is 62.4 Å². The molecule has 21 heteroatoms. The Kier molecular flexibility index (Phi) is 18.7. The van der Waals surface area contributed by atoms with E-state index in [9.17, 15) is 45.6 Å². The summed E-state index contributed by atoms with van der Waals surface area (Å²) in [4.78, 5) is 86.8. The van der Waals surface area contributed by atoms with Crippen LogP contribution in [0.4, 0.5) is 0 Å². The maximum absolute atomic E-state index is 14.7. The zero-order valence-corrected chi connectivity index (χ0v) is 48.4. The molecule has 7 rings (SSSR count). The Bertz CT molecular complexity index is 2770. The zero-order valence-electron chi connectivity index (χ0n) is 46.8. The number of likely N-dealkylation sites (N-methyl/N-ethyl adjacent to an activating group) is 1. The first-order valence-corrected chi connectivity index (χ1v) is 30.4. The summed E-state index contributed by atoms with van der Waals surface area (Å²) in [6.07, 6.45) is 4.98. The number of carbonyl (C=O) groups is 6. The SMILES string of the molecule is CC[C@@H](C)C(=O)N[C@H](C(=O)N1C[C@@H](NS(=O)(=O)c2cccc(S(=O)(=O)N[C@H]3C[C@@H](C(=O)N[C@@H]4CCCc5ccccc54)N(C(=O)[C@@H](NC(=O)[C@H](C)NC)C(C)(C)C)C3)c2)C[C@H]1C(=O)N[C@@H]1CCCc2ccccc21)C(C)(C)C. The summed E-state index contributed by atoms with van der Waals surface area (Å²) in [6, 6.07) is 12.6. The van der Waals surface area contributed by atoms with E-state index in [2.05, 4.69) is 36.0 Å². The summed E-state index contributed by atoms with van der Waals surface area (Å²) >= 11 is 0. The Morgan fingerprint density at radius 2 is 1.01 bits per heavy atom. The molecule has 3 aromatic rings. The predicted molar refractivity (Wildman–Crippen MR) is 296 cm³/mol. The van der Waals surface area contributed by atoms with Crippen molar-refractivity contribution < 1.29 is 45.6 Å². The summed E-state index contributed by atoms with van der Waals surface area (Å²) in [6.45, 7) is 15.6. The molecule has 0 aromatic heterocycles. The van der Waals surface area contributed by atoms with Crippen LogP contribution in [0, 0.1) is 16.7 Å².